The van der Waals surface area contributed by atoms with E-state index < -0.39 is 0 Å². The number of anilines is 1. The number of fused-ring (bicyclic) bond motifs is 1. The standard InChI is InChI=1S/C22H25N3O/c1-4-5-12-23-22(26)25-18-10-11-21-17(13-18)14-20(16(3)24-21)19-9-7-6-8-15(19)2/h6-11,13-14H,4-5,12H2,1-3H3,(H2,23,25,26). The summed E-state index contributed by atoms with van der Waals surface area (Å²) in [6.07, 6.45) is 2.04. The highest BCUT2D eigenvalue weighted by atomic mass is 16.2. The molecule has 3 rings (SSSR count). The number of unbranched alkanes of at least 4 members (excludes halogenated alkanes) is 1. The van der Waals surface area contributed by atoms with Crippen molar-refractivity contribution in [2.75, 3.05) is 11.9 Å². The van der Waals surface area contributed by atoms with Crippen LogP contribution in [0.5, 0.6) is 0 Å². The third-order valence-electron chi connectivity index (χ3n) is 4.51. The van der Waals surface area contributed by atoms with Gasteiger partial charge in [0.15, 0.2) is 0 Å². The summed E-state index contributed by atoms with van der Waals surface area (Å²) in [5.74, 6) is 0. The molecular weight excluding hydrogens is 322 g/mol. The van der Waals surface area contributed by atoms with Crippen LogP contribution < -0.4 is 10.6 Å². The SMILES string of the molecule is CCCCNC(=O)Nc1ccc2nc(C)c(-c3ccccc3C)cc2c1. The van der Waals surface area contributed by atoms with Gasteiger partial charge in [-0.1, -0.05) is 37.6 Å². The number of pyridine rings is 1. The lowest BCUT2D eigenvalue weighted by atomic mass is 9.98. The number of amides is 2. The van der Waals surface area contributed by atoms with Crippen LogP contribution in [0, 0.1) is 13.8 Å². The molecule has 0 fully saturated rings. The molecule has 0 radical (unpaired) electrons. The maximum absolute atomic E-state index is 12.0. The van der Waals surface area contributed by atoms with Crippen molar-refractivity contribution < 1.29 is 4.79 Å². The van der Waals surface area contributed by atoms with Crippen molar-refractivity contribution in [3.63, 3.8) is 0 Å². The first-order chi connectivity index (χ1) is 12.6. The van der Waals surface area contributed by atoms with Crippen LogP contribution in [0.15, 0.2) is 48.5 Å². The Morgan fingerprint density at radius 3 is 2.62 bits per heavy atom. The molecule has 0 aliphatic carbocycles. The lowest BCUT2D eigenvalue weighted by Crippen LogP contribution is -2.29. The van der Waals surface area contributed by atoms with Gasteiger partial charge in [-0.3, -0.25) is 4.98 Å². The van der Waals surface area contributed by atoms with Gasteiger partial charge in [0.25, 0.3) is 0 Å². The van der Waals surface area contributed by atoms with Gasteiger partial charge in [0.05, 0.1) is 5.52 Å². The summed E-state index contributed by atoms with van der Waals surface area (Å²) in [7, 11) is 0. The van der Waals surface area contributed by atoms with Crippen LogP contribution in [0.3, 0.4) is 0 Å². The van der Waals surface area contributed by atoms with Gasteiger partial charge in [-0.05, 0) is 55.7 Å². The Morgan fingerprint density at radius 2 is 1.85 bits per heavy atom. The number of aryl methyl sites for hydroxylation is 2. The van der Waals surface area contributed by atoms with E-state index in [4.69, 9.17) is 4.98 Å². The molecule has 4 nitrogen and oxygen atoms in total. The van der Waals surface area contributed by atoms with Crippen molar-refractivity contribution in [2.24, 2.45) is 0 Å². The van der Waals surface area contributed by atoms with E-state index in [1.165, 1.54) is 11.1 Å². The highest BCUT2D eigenvalue weighted by Crippen LogP contribution is 2.29. The summed E-state index contributed by atoms with van der Waals surface area (Å²) in [4.78, 5) is 16.7. The number of aromatic nitrogens is 1. The largest absolute Gasteiger partial charge is 0.338 e. The highest BCUT2D eigenvalue weighted by Gasteiger charge is 2.09. The zero-order valence-electron chi connectivity index (χ0n) is 15.6. The zero-order chi connectivity index (χ0) is 18.5. The molecule has 0 atom stereocenters. The Balaban J connectivity index is 1.90. The third-order valence-corrected chi connectivity index (χ3v) is 4.51. The maximum Gasteiger partial charge on any atom is 0.319 e. The molecule has 1 aromatic heterocycles. The number of benzene rings is 2. The fraction of sp³-hybridized carbons (Fsp3) is 0.273. The Bertz CT molecular complexity index is 934. The first kappa shape index (κ1) is 17.9. The predicted octanol–water partition coefficient (Wildman–Crippen LogP) is 5.44. The molecule has 2 N–H and O–H groups in total. The second-order valence-corrected chi connectivity index (χ2v) is 6.58. The minimum atomic E-state index is -0.169. The molecule has 2 aromatic carbocycles. The van der Waals surface area contributed by atoms with Gasteiger partial charge in [0.2, 0.25) is 0 Å². The lowest BCUT2D eigenvalue weighted by molar-refractivity contribution is 0.252. The highest BCUT2D eigenvalue weighted by molar-refractivity contribution is 5.94. The van der Waals surface area contributed by atoms with Gasteiger partial charge in [0, 0.05) is 28.9 Å². The third kappa shape index (κ3) is 4.02. The van der Waals surface area contributed by atoms with E-state index in [-0.39, 0.29) is 6.03 Å². The molecule has 0 bridgehead atoms. The van der Waals surface area contributed by atoms with Crippen LogP contribution in [-0.4, -0.2) is 17.6 Å². The average molecular weight is 347 g/mol. The molecule has 3 aromatic rings. The summed E-state index contributed by atoms with van der Waals surface area (Å²) in [6, 6.07) is 16.1. The molecule has 4 heteroatoms. The van der Waals surface area contributed by atoms with Gasteiger partial charge in [0.1, 0.15) is 0 Å². The zero-order valence-corrected chi connectivity index (χ0v) is 15.6. The molecular formula is C22H25N3O. The van der Waals surface area contributed by atoms with Crippen molar-refractivity contribution in [1.29, 1.82) is 0 Å². The fourth-order valence-corrected chi connectivity index (χ4v) is 3.05. The van der Waals surface area contributed by atoms with E-state index in [9.17, 15) is 4.79 Å². The first-order valence-electron chi connectivity index (χ1n) is 9.10. The van der Waals surface area contributed by atoms with Gasteiger partial charge in [-0.2, -0.15) is 0 Å². The molecule has 0 spiro atoms. The number of carbonyl (C=O) groups excluding carboxylic acids is 1. The van der Waals surface area contributed by atoms with Crippen LogP contribution in [0.4, 0.5) is 10.5 Å². The minimum absolute atomic E-state index is 0.169. The Morgan fingerprint density at radius 1 is 1.04 bits per heavy atom. The van der Waals surface area contributed by atoms with Crippen LogP contribution in [0.2, 0.25) is 0 Å². The summed E-state index contributed by atoms with van der Waals surface area (Å²) in [5.41, 5.74) is 6.24. The van der Waals surface area contributed by atoms with Crippen molar-refractivity contribution in [2.45, 2.75) is 33.6 Å². The fourth-order valence-electron chi connectivity index (χ4n) is 3.05. The summed E-state index contributed by atoms with van der Waals surface area (Å²) < 4.78 is 0. The Labute approximate surface area is 154 Å². The number of rotatable bonds is 5. The summed E-state index contributed by atoms with van der Waals surface area (Å²) in [5, 5.41) is 6.78. The minimum Gasteiger partial charge on any atom is -0.338 e. The van der Waals surface area contributed by atoms with Gasteiger partial charge in [-0.25, -0.2) is 4.79 Å². The molecule has 0 saturated carbocycles. The van der Waals surface area contributed by atoms with Crippen molar-refractivity contribution in [3.05, 3.63) is 59.8 Å². The lowest BCUT2D eigenvalue weighted by Gasteiger charge is -2.12. The van der Waals surface area contributed by atoms with Crippen molar-refractivity contribution in [1.82, 2.24) is 10.3 Å². The van der Waals surface area contributed by atoms with E-state index >= 15 is 0 Å². The molecule has 0 saturated heterocycles. The van der Waals surface area contributed by atoms with Gasteiger partial charge in [-0.15, -0.1) is 0 Å². The second kappa shape index (κ2) is 8.00. The summed E-state index contributed by atoms with van der Waals surface area (Å²) in [6.45, 7) is 6.93. The van der Waals surface area contributed by atoms with Crippen LogP contribution in [0.25, 0.3) is 22.0 Å². The summed E-state index contributed by atoms with van der Waals surface area (Å²) >= 11 is 0. The average Bonchev–Trinajstić information content (AvgIpc) is 2.62. The quantitative estimate of drug-likeness (QED) is 0.604. The Hall–Kier alpha value is -2.88. The van der Waals surface area contributed by atoms with Crippen LogP contribution in [-0.2, 0) is 0 Å². The number of nitrogens with zero attached hydrogens (tertiary/aromatic N) is 1. The molecule has 2 amide bonds. The molecule has 134 valence electrons. The molecule has 0 aliphatic heterocycles. The molecule has 26 heavy (non-hydrogen) atoms. The normalized spacial score (nSPS) is 10.7. The second-order valence-electron chi connectivity index (χ2n) is 6.58. The van der Waals surface area contributed by atoms with E-state index in [1.807, 2.05) is 37.3 Å². The molecule has 1 heterocycles. The van der Waals surface area contributed by atoms with Gasteiger partial charge < -0.3 is 10.6 Å². The van der Waals surface area contributed by atoms with E-state index in [0.717, 1.165) is 40.7 Å². The van der Waals surface area contributed by atoms with E-state index in [1.54, 1.807) is 0 Å². The number of urea groups is 1. The topological polar surface area (TPSA) is 54.0 Å². The first-order valence-corrected chi connectivity index (χ1v) is 9.10. The van der Waals surface area contributed by atoms with Gasteiger partial charge >= 0.3 is 6.03 Å². The molecule has 0 aliphatic rings. The van der Waals surface area contributed by atoms with Crippen LogP contribution >= 0.6 is 0 Å². The van der Waals surface area contributed by atoms with Crippen molar-refractivity contribution >= 4 is 22.6 Å². The number of carbonyl (C=O) groups is 1. The van der Waals surface area contributed by atoms with Crippen LogP contribution in [0.1, 0.15) is 31.0 Å². The number of nitrogens with one attached hydrogen (secondary N) is 2. The maximum atomic E-state index is 12.0. The van der Waals surface area contributed by atoms with Crippen molar-refractivity contribution in [3.8, 4) is 11.1 Å². The smallest absolute Gasteiger partial charge is 0.319 e. The monoisotopic (exact) mass is 347 g/mol. The number of hydrogen-bond donors (Lipinski definition) is 2. The Kier molecular flexibility index (Phi) is 5.52. The van der Waals surface area contributed by atoms with E-state index in [2.05, 4.69) is 42.7 Å². The number of hydrogen-bond acceptors (Lipinski definition) is 2. The predicted molar refractivity (Wildman–Crippen MR) is 109 cm³/mol. The van der Waals surface area contributed by atoms with E-state index in [0.29, 0.717) is 6.54 Å². The molecule has 0 unspecified atom stereocenters.